The van der Waals surface area contributed by atoms with Crippen LogP contribution >= 0.6 is 0 Å². The van der Waals surface area contributed by atoms with Crippen LogP contribution in [0.25, 0.3) is 10.8 Å². The topological polar surface area (TPSA) is 40.5 Å². The molecule has 0 aliphatic heterocycles. The average Bonchev–Trinajstić information content (AvgIpc) is 2.31. The molecule has 2 aromatic rings. The van der Waals surface area contributed by atoms with Crippen LogP contribution in [0.4, 0.5) is 0 Å². The van der Waals surface area contributed by atoms with Gasteiger partial charge in [-0.05, 0) is 17.2 Å². The molecule has 0 amide bonds. The third kappa shape index (κ3) is 4.11. The molecule has 2 aromatic carbocycles. The van der Waals surface area contributed by atoms with Crippen molar-refractivity contribution in [2.45, 2.75) is 6.42 Å². The van der Waals surface area contributed by atoms with E-state index < -0.39 is 0 Å². The fraction of sp³-hybridized carbons (Fsp3) is 0.231. The summed E-state index contributed by atoms with van der Waals surface area (Å²) in [6, 6.07) is 16.7. The summed E-state index contributed by atoms with van der Waals surface area (Å²) < 4.78 is 0. The lowest BCUT2D eigenvalue weighted by Gasteiger charge is -1.92. The van der Waals surface area contributed by atoms with Crippen LogP contribution in [0, 0.1) is 0 Å². The van der Waals surface area contributed by atoms with Gasteiger partial charge in [0.2, 0.25) is 0 Å². The van der Waals surface area contributed by atoms with Gasteiger partial charge in [-0.1, -0.05) is 48.5 Å². The molecule has 2 heteroatoms. The number of hydrogen-bond acceptors (Lipinski definition) is 2. The molecular formula is C13H16O2. The van der Waals surface area contributed by atoms with Crippen LogP contribution in [0.1, 0.15) is 6.42 Å². The fourth-order valence-corrected chi connectivity index (χ4v) is 1.20. The molecule has 0 saturated carbocycles. The highest BCUT2D eigenvalue weighted by atomic mass is 16.3. The van der Waals surface area contributed by atoms with Gasteiger partial charge in [0.05, 0.1) is 0 Å². The van der Waals surface area contributed by atoms with E-state index in [0.717, 1.165) is 0 Å². The molecule has 0 bridgehead atoms. The van der Waals surface area contributed by atoms with Crippen molar-refractivity contribution < 1.29 is 10.2 Å². The van der Waals surface area contributed by atoms with Gasteiger partial charge in [0.15, 0.2) is 0 Å². The van der Waals surface area contributed by atoms with E-state index in [1.807, 2.05) is 0 Å². The average molecular weight is 204 g/mol. The highest BCUT2D eigenvalue weighted by molar-refractivity contribution is 5.81. The molecule has 0 fully saturated rings. The first-order chi connectivity index (χ1) is 7.38. The van der Waals surface area contributed by atoms with E-state index >= 15 is 0 Å². The zero-order valence-corrected chi connectivity index (χ0v) is 8.63. The van der Waals surface area contributed by atoms with Crippen molar-refractivity contribution in [3.63, 3.8) is 0 Å². The predicted octanol–water partition coefficient (Wildman–Crippen LogP) is 2.20. The quantitative estimate of drug-likeness (QED) is 0.787. The molecule has 0 atom stereocenters. The van der Waals surface area contributed by atoms with Crippen LogP contribution in [0.3, 0.4) is 0 Å². The largest absolute Gasteiger partial charge is 0.396 e. The normalized spacial score (nSPS) is 9.47. The molecule has 0 aromatic heterocycles. The van der Waals surface area contributed by atoms with Crippen molar-refractivity contribution in [2.75, 3.05) is 13.2 Å². The summed E-state index contributed by atoms with van der Waals surface area (Å²) in [6.45, 7) is 0.188. The summed E-state index contributed by atoms with van der Waals surface area (Å²) in [5.41, 5.74) is 0. The molecule has 0 unspecified atom stereocenters. The zero-order valence-electron chi connectivity index (χ0n) is 8.63. The molecule has 0 saturated heterocycles. The summed E-state index contributed by atoms with van der Waals surface area (Å²) in [4.78, 5) is 0. The minimum Gasteiger partial charge on any atom is -0.396 e. The third-order valence-corrected chi connectivity index (χ3v) is 1.97. The van der Waals surface area contributed by atoms with Crippen molar-refractivity contribution in [3.8, 4) is 0 Å². The van der Waals surface area contributed by atoms with Crippen molar-refractivity contribution in [3.05, 3.63) is 48.5 Å². The molecule has 2 rings (SSSR count). The Labute approximate surface area is 89.8 Å². The van der Waals surface area contributed by atoms with Crippen molar-refractivity contribution in [2.24, 2.45) is 0 Å². The second-order valence-corrected chi connectivity index (χ2v) is 3.15. The van der Waals surface area contributed by atoms with Crippen LogP contribution in [0.2, 0.25) is 0 Å². The zero-order chi connectivity index (χ0) is 10.9. The Kier molecular flexibility index (Phi) is 5.44. The monoisotopic (exact) mass is 204 g/mol. The minimum absolute atomic E-state index is 0.0938. The first kappa shape index (κ1) is 11.7. The van der Waals surface area contributed by atoms with Crippen LogP contribution in [-0.4, -0.2) is 23.4 Å². The second-order valence-electron chi connectivity index (χ2n) is 3.15. The standard InChI is InChI=1S/C10H8.C3H8O2/c1-2-6-10-8-4-3-7-9(10)5-1;4-2-1-3-5/h1-8H;4-5H,1-3H2. The van der Waals surface area contributed by atoms with Gasteiger partial charge in [0.25, 0.3) is 0 Å². The molecule has 0 aliphatic carbocycles. The number of fused-ring (bicyclic) bond motifs is 1. The highest BCUT2D eigenvalue weighted by Crippen LogP contribution is 2.11. The lowest BCUT2D eigenvalue weighted by atomic mass is 10.1. The molecule has 0 spiro atoms. The van der Waals surface area contributed by atoms with Crippen molar-refractivity contribution >= 4 is 10.8 Å². The molecule has 0 radical (unpaired) electrons. The molecule has 15 heavy (non-hydrogen) atoms. The molecule has 2 nitrogen and oxygen atoms in total. The van der Waals surface area contributed by atoms with E-state index in [1.165, 1.54) is 10.8 Å². The van der Waals surface area contributed by atoms with Gasteiger partial charge >= 0.3 is 0 Å². The maximum Gasteiger partial charge on any atom is 0.0452 e. The Hall–Kier alpha value is -1.38. The van der Waals surface area contributed by atoms with Gasteiger partial charge in [-0.2, -0.15) is 0 Å². The van der Waals surface area contributed by atoms with Crippen molar-refractivity contribution in [1.29, 1.82) is 0 Å². The van der Waals surface area contributed by atoms with Crippen LogP contribution in [-0.2, 0) is 0 Å². The van der Waals surface area contributed by atoms with Gasteiger partial charge in [-0.3, -0.25) is 0 Å². The number of benzene rings is 2. The molecule has 2 N–H and O–H groups in total. The molecular weight excluding hydrogens is 188 g/mol. The van der Waals surface area contributed by atoms with E-state index in [0.29, 0.717) is 6.42 Å². The Bertz CT molecular complexity index is 317. The van der Waals surface area contributed by atoms with Crippen LogP contribution in [0.15, 0.2) is 48.5 Å². The van der Waals surface area contributed by atoms with Gasteiger partial charge < -0.3 is 10.2 Å². The Morgan fingerprint density at radius 3 is 1.20 bits per heavy atom. The summed E-state index contributed by atoms with van der Waals surface area (Å²) in [7, 11) is 0. The van der Waals surface area contributed by atoms with Gasteiger partial charge in [-0.15, -0.1) is 0 Å². The predicted molar refractivity (Wildman–Crippen MR) is 62.7 cm³/mol. The maximum absolute atomic E-state index is 7.91. The maximum atomic E-state index is 7.91. The first-order valence-corrected chi connectivity index (χ1v) is 5.04. The number of aliphatic hydroxyl groups excluding tert-OH is 2. The molecule has 0 aliphatic rings. The van der Waals surface area contributed by atoms with E-state index in [4.69, 9.17) is 10.2 Å². The third-order valence-electron chi connectivity index (χ3n) is 1.97. The lowest BCUT2D eigenvalue weighted by Crippen LogP contribution is -1.85. The van der Waals surface area contributed by atoms with E-state index in [9.17, 15) is 0 Å². The number of rotatable bonds is 2. The summed E-state index contributed by atoms with van der Waals surface area (Å²) in [5, 5.41) is 18.4. The fourth-order valence-electron chi connectivity index (χ4n) is 1.20. The Morgan fingerprint density at radius 2 is 1.00 bits per heavy atom. The first-order valence-electron chi connectivity index (χ1n) is 5.04. The van der Waals surface area contributed by atoms with E-state index in [1.54, 1.807) is 0 Å². The van der Waals surface area contributed by atoms with Gasteiger partial charge in [0, 0.05) is 13.2 Å². The lowest BCUT2D eigenvalue weighted by molar-refractivity contribution is 0.221. The summed E-state index contributed by atoms with van der Waals surface area (Å²) >= 11 is 0. The van der Waals surface area contributed by atoms with Crippen LogP contribution in [0.5, 0.6) is 0 Å². The highest BCUT2D eigenvalue weighted by Gasteiger charge is 1.85. The van der Waals surface area contributed by atoms with Gasteiger partial charge in [0.1, 0.15) is 0 Å². The summed E-state index contributed by atoms with van der Waals surface area (Å²) in [6.07, 6.45) is 0.500. The Morgan fingerprint density at radius 1 is 0.667 bits per heavy atom. The molecule has 0 heterocycles. The van der Waals surface area contributed by atoms with Gasteiger partial charge in [-0.25, -0.2) is 0 Å². The minimum atomic E-state index is 0.0938. The SMILES string of the molecule is OCCCO.c1ccc2ccccc2c1. The second kappa shape index (κ2) is 6.98. The number of aliphatic hydroxyl groups is 2. The van der Waals surface area contributed by atoms with E-state index in [-0.39, 0.29) is 13.2 Å². The van der Waals surface area contributed by atoms with Crippen molar-refractivity contribution in [1.82, 2.24) is 0 Å². The smallest absolute Gasteiger partial charge is 0.0452 e. The van der Waals surface area contributed by atoms with Crippen LogP contribution < -0.4 is 0 Å². The molecule has 80 valence electrons. The number of hydrogen-bond donors (Lipinski definition) is 2. The summed E-state index contributed by atoms with van der Waals surface area (Å²) in [5.74, 6) is 0. The van der Waals surface area contributed by atoms with E-state index in [2.05, 4.69) is 48.5 Å². The Balaban J connectivity index is 0.000000195.